The van der Waals surface area contributed by atoms with E-state index in [-0.39, 0.29) is 59.8 Å². The summed E-state index contributed by atoms with van der Waals surface area (Å²) in [6.45, 7) is 18.7. The summed E-state index contributed by atoms with van der Waals surface area (Å²) in [7, 11) is 0. The number of ether oxygens (including phenoxy) is 3. The van der Waals surface area contributed by atoms with E-state index in [1.807, 2.05) is 62.3 Å². The standard InChI is InChI=1S/C30H47NO8/c1-19(37-23(32)16-27(2,3)4)14-30(31,26(35)36)15-20-11-12-21(38-24(33)17-28(5,6)7)22(13-20)39-25(34)18-29(8,9)10/h11-13,19H,14-18,31H2,1-10H3,(H,35,36)/t19-,30?/m0/s1. The minimum atomic E-state index is -1.78. The van der Waals surface area contributed by atoms with Gasteiger partial charge in [-0.2, -0.15) is 0 Å². The predicted molar refractivity (Wildman–Crippen MR) is 148 cm³/mol. The van der Waals surface area contributed by atoms with Gasteiger partial charge >= 0.3 is 23.9 Å². The number of carbonyl (C=O) groups is 4. The van der Waals surface area contributed by atoms with E-state index in [4.69, 9.17) is 19.9 Å². The summed E-state index contributed by atoms with van der Waals surface area (Å²) in [5.74, 6) is -2.66. The van der Waals surface area contributed by atoms with Gasteiger partial charge in [0.15, 0.2) is 11.5 Å². The zero-order valence-electron chi connectivity index (χ0n) is 25.2. The van der Waals surface area contributed by atoms with Crippen molar-refractivity contribution in [2.45, 2.75) is 113 Å². The highest BCUT2D eigenvalue weighted by molar-refractivity contribution is 5.80. The first kappa shape index (κ1) is 34.1. The third kappa shape index (κ3) is 13.6. The molecule has 9 heteroatoms. The molecule has 0 aromatic heterocycles. The van der Waals surface area contributed by atoms with Crippen molar-refractivity contribution < 1.29 is 38.5 Å². The molecule has 0 bridgehead atoms. The van der Waals surface area contributed by atoms with E-state index in [0.29, 0.717) is 5.56 Å². The summed E-state index contributed by atoms with van der Waals surface area (Å²) >= 11 is 0. The molecule has 0 heterocycles. The van der Waals surface area contributed by atoms with Crippen LogP contribution >= 0.6 is 0 Å². The number of benzene rings is 1. The van der Waals surface area contributed by atoms with Crippen LogP contribution in [0.4, 0.5) is 0 Å². The molecule has 39 heavy (non-hydrogen) atoms. The Morgan fingerprint density at radius 3 is 1.64 bits per heavy atom. The molecule has 0 spiro atoms. The first-order valence-corrected chi connectivity index (χ1v) is 13.2. The lowest BCUT2D eigenvalue weighted by atomic mass is 9.86. The van der Waals surface area contributed by atoms with Gasteiger partial charge in [0.05, 0.1) is 19.3 Å². The summed E-state index contributed by atoms with van der Waals surface area (Å²) in [5, 5.41) is 9.97. The number of hydrogen-bond donors (Lipinski definition) is 2. The van der Waals surface area contributed by atoms with Gasteiger partial charge in [-0.15, -0.1) is 0 Å². The minimum absolute atomic E-state index is 0.00130. The van der Waals surface area contributed by atoms with E-state index < -0.39 is 35.5 Å². The number of nitrogens with two attached hydrogens (primary N) is 1. The zero-order valence-corrected chi connectivity index (χ0v) is 25.2. The maximum absolute atomic E-state index is 12.6. The first-order valence-electron chi connectivity index (χ1n) is 13.2. The highest BCUT2D eigenvalue weighted by Gasteiger charge is 2.37. The number of esters is 3. The Labute approximate surface area is 232 Å². The van der Waals surface area contributed by atoms with Crippen LogP contribution in [-0.2, 0) is 30.3 Å². The molecular formula is C30H47NO8. The normalized spacial score (nSPS) is 14.6. The third-order valence-electron chi connectivity index (χ3n) is 5.41. The van der Waals surface area contributed by atoms with Crippen LogP contribution in [0.3, 0.4) is 0 Å². The summed E-state index contributed by atoms with van der Waals surface area (Å²) in [5.41, 5.74) is 4.06. The topological polar surface area (TPSA) is 142 Å². The van der Waals surface area contributed by atoms with Crippen molar-refractivity contribution in [1.29, 1.82) is 0 Å². The van der Waals surface area contributed by atoms with E-state index in [2.05, 4.69) is 0 Å². The fourth-order valence-electron chi connectivity index (χ4n) is 3.86. The van der Waals surface area contributed by atoms with Gasteiger partial charge in [0.2, 0.25) is 0 Å². The van der Waals surface area contributed by atoms with Crippen molar-refractivity contribution in [3.8, 4) is 11.5 Å². The van der Waals surface area contributed by atoms with Gasteiger partial charge in [-0.3, -0.25) is 19.2 Å². The Morgan fingerprint density at radius 2 is 1.21 bits per heavy atom. The molecule has 220 valence electrons. The molecule has 1 rings (SSSR count). The Hall–Kier alpha value is -2.94. The number of aliphatic carboxylic acids is 1. The molecular weight excluding hydrogens is 502 g/mol. The lowest BCUT2D eigenvalue weighted by Crippen LogP contribution is -2.52. The van der Waals surface area contributed by atoms with Gasteiger partial charge in [-0.25, -0.2) is 0 Å². The molecule has 0 aliphatic heterocycles. The summed E-state index contributed by atoms with van der Waals surface area (Å²) in [4.78, 5) is 49.6. The lowest BCUT2D eigenvalue weighted by molar-refractivity contribution is -0.154. The van der Waals surface area contributed by atoms with Gasteiger partial charge in [0.1, 0.15) is 11.6 Å². The zero-order chi connectivity index (χ0) is 30.4. The van der Waals surface area contributed by atoms with E-state index in [9.17, 15) is 24.3 Å². The summed E-state index contributed by atoms with van der Waals surface area (Å²) < 4.78 is 16.5. The molecule has 2 atom stereocenters. The number of hydrogen-bond acceptors (Lipinski definition) is 8. The van der Waals surface area contributed by atoms with Gasteiger partial charge in [0.25, 0.3) is 0 Å². The molecule has 0 amide bonds. The van der Waals surface area contributed by atoms with E-state index in [1.54, 1.807) is 13.0 Å². The molecule has 0 radical (unpaired) electrons. The lowest BCUT2D eigenvalue weighted by Gasteiger charge is -2.29. The van der Waals surface area contributed by atoms with Crippen LogP contribution in [0.15, 0.2) is 18.2 Å². The van der Waals surface area contributed by atoms with Crippen molar-refractivity contribution in [2.24, 2.45) is 22.0 Å². The molecule has 9 nitrogen and oxygen atoms in total. The molecule has 1 aromatic carbocycles. The maximum atomic E-state index is 12.6. The van der Waals surface area contributed by atoms with Gasteiger partial charge < -0.3 is 25.1 Å². The smallest absolute Gasteiger partial charge is 0.324 e. The molecule has 0 fully saturated rings. The second-order valence-electron chi connectivity index (χ2n) is 14.1. The molecule has 0 aliphatic rings. The Balaban J connectivity index is 3.24. The van der Waals surface area contributed by atoms with Crippen LogP contribution in [0.2, 0.25) is 0 Å². The largest absolute Gasteiger partial charge is 0.480 e. The quantitative estimate of drug-likeness (QED) is 0.272. The van der Waals surface area contributed by atoms with Crippen molar-refractivity contribution in [3.05, 3.63) is 23.8 Å². The second-order valence-corrected chi connectivity index (χ2v) is 14.1. The fourth-order valence-corrected chi connectivity index (χ4v) is 3.86. The molecule has 0 aliphatic carbocycles. The molecule has 1 unspecified atom stereocenters. The molecule has 0 saturated carbocycles. The molecule has 1 aromatic rings. The summed E-state index contributed by atoms with van der Waals surface area (Å²) in [6.07, 6.45) is -0.604. The van der Waals surface area contributed by atoms with Gasteiger partial charge in [-0.05, 0) is 40.9 Å². The maximum Gasteiger partial charge on any atom is 0.324 e. The number of rotatable bonds is 11. The van der Waals surface area contributed by atoms with Crippen molar-refractivity contribution in [2.75, 3.05) is 0 Å². The van der Waals surface area contributed by atoms with E-state index >= 15 is 0 Å². The fraction of sp³-hybridized carbons (Fsp3) is 0.667. The van der Waals surface area contributed by atoms with Crippen molar-refractivity contribution >= 4 is 23.9 Å². The van der Waals surface area contributed by atoms with Gasteiger partial charge in [0, 0.05) is 12.8 Å². The Kier molecular flexibility index (Phi) is 11.3. The van der Waals surface area contributed by atoms with Crippen LogP contribution in [0, 0.1) is 16.2 Å². The third-order valence-corrected chi connectivity index (χ3v) is 5.41. The van der Waals surface area contributed by atoms with Crippen molar-refractivity contribution in [1.82, 2.24) is 0 Å². The van der Waals surface area contributed by atoms with Gasteiger partial charge in [-0.1, -0.05) is 68.4 Å². The minimum Gasteiger partial charge on any atom is -0.480 e. The Morgan fingerprint density at radius 1 is 0.769 bits per heavy atom. The highest BCUT2D eigenvalue weighted by Crippen LogP contribution is 2.33. The highest BCUT2D eigenvalue weighted by atomic mass is 16.6. The average molecular weight is 550 g/mol. The predicted octanol–water partition coefficient (Wildman–Crippen LogP) is 5.45. The average Bonchev–Trinajstić information content (AvgIpc) is 2.64. The van der Waals surface area contributed by atoms with E-state index in [0.717, 1.165) is 0 Å². The van der Waals surface area contributed by atoms with Crippen LogP contribution in [0.25, 0.3) is 0 Å². The second kappa shape index (κ2) is 12.9. The van der Waals surface area contributed by atoms with Crippen LogP contribution < -0.4 is 15.2 Å². The Bertz CT molecular complexity index is 1040. The van der Waals surface area contributed by atoms with Crippen molar-refractivity contribution in [3.63, 3.8) is 0 Å². The van der Waals surface area contributed by atoms with E-state index in [1.165, 1.54) is 12.1 Å². The summed E-state index contributed by atoms with van der Waals surface area (Å²) in [6, 6.07) is 4.49. The monoisotopic (exact) mass is 549 g/mol. The molecule has 0 saturated heterocycles. The van der Waals surface area contributed by atoms with Crippen LogP contribution in [-0.4, -0.2) is 40.6 Å². The van der Waals surface area contributed by atoms with Crippen LogP contribution in [0.1, 0.15) is 100 Å². The number of carbonyl (C=O) groups excluding carboxylic acids is 3. The number of carboxylic acids is 1. The SMILES string of the molecule is C[C@@H](CC(N)(Cc1ccc(OC(=O)CC(C)(C)C)c(OC(=O)CC(C)(C)C)c1)C(=O)O)OC(=O)CC(C)(C)C. The number of carboxylic acid groups (broad SMARTS) is 1. The van der Waals surface area contributed by atoms with Crippen LogP contribution in [0.5, 0.6) is 11.5 Å². The first-order chi connectivity index (χ1) is 17.5. The molecule has 3 N–H and O–H groups in total.